The summed E-state index contributed by atoms with van der Waals surface area (Å²) in [6.07, 6.45) is 4.11. The van der Waals surface area contributed by atoms with Crippen LogP contribution in [0.4, 0.5) is 0 Å². The summed E-state index contributed by atoms with van der Waals surface area (Å²) >= 11 is 0. The molecule has 0 saturated carbocycles. The van der Waals surface area contributed by atoms with Crippen LogP contribution in [0.15, 0.2) is 0 Å². The molecule has 0 aromatic heterocycles. The maximum atomic E-state index is 9.00. The van der Waals surface area contributed by atoms with Crippen molar-refractivity contribution in [2.45, 2.75) is 51.7 Å². The molecule has 0 radical (unpaired) electrons. The van der Waals surface area contributed by atoms with E-state index in [0.717, 1.165) is 6.42 Å². The van der Waals surface area contributed by atoms with Gasteiger partial charge in [-0.25, -0.2) is 0 Å². The number of hydrogen-bond acceptors (Lipinski definition) is 3. The Bertz CT molecular complexity index is 106. The zero-order chi connectivity index (χ0) is 10.1. The molecule has 2 unspecified atom stereocenters. The Balaban J connectivity index is 3.24. The second kappa shape index (κ2) is 8.48. The van der Waals surface area contributed by atoms with Crippen molar-refractivity contribution in [2.75, 3.05) is 13.2 Å². The second-order valence-electron chi connectivity index (χ2n) is 3.48. The SMILES string of the molecule is CCCCCC(C)OCC(O)CO. The minimum Gasteiger partial charge on any atom is -0.394 e. The van der Waals surface area contributed by atoms with Crippen LogP contribution in [0.3, 0.4) is 0 Å². The fourth-order valence-electron chi connectivity index (χ4n) is 1.09. The van der Waals surface area contributed by atoms with E-state index >= 15 is 0 Å². The molecule has 0 aliphatic rings. The summed E-state index contributed by atoms with van der Waals surface area (Å²) in [5.74, 6) is 0. The van der Waals surface area contributed by atoms with Gasteiger partial charge in [0.05, 0.1) is 19.3 Å². The highest BCUT2D eigenvalue weighted by atomic mass is 16.5. The highest BCUT2D eigenvalue weighted by Gasteiger charge is 2.06. The zero-order valence-electron chi connectivity index (χ0n) is 8.70. The van der Waals surface area contributed by atoms with Crippen molar-refractivity contribution in [3.05, 3.63) is 0 Å². The molecule has 0 aliphatic carbocycles. The van der Waals surface area contributed by atoms with Crippen LogP contribution in [0.5, 0.6) is 0 Å². The van der Waals surface area contributed by atoms with Crippen LogP contribution in [0.2, 0.25) is 0 Å². The van der Waals surface area contributed by atoms with E-state index in [1.54, 1.807) is 0 Å². The van der Waals surface area contributed by atoms with Crippen LogP contribution >= 0.6 is 0 Å². The van der Waals surface area contributed by atoms with E-state index in [-0.39, 0.29) is 19.3 Å². The zero-order valence-corrected chi connectivity index (χ0v) is 8.70. The minimum atomic E-state index is -0.728. The van der Waals surface area contributed by atoms with E-state index in [4.69, 9.17) is 14.9 Å². The number of aliphatic hydroxyl groups is 2. The first kappa shape index (κ1) is 12.9. The molecule has 2 N–H and O–H groups in total. The number of ether oxygens (including phenoxy) is 1. The number of aliphatic hydroxyl groups excluding tert-OH is 2. The lowest BCUT2D eigenvalue weighted by molar-refractivity contribution is -0.0254. The van der Waals surface area contributed by atoms with Gasteiger partial charge in [0.1, 0.15) is 6.10 Å². The fraction of sp³-hybridized carbons (Fsp3) is 1.00. The summed E-state index contributed by atoms with van der Waals surface area (Å²) in [4.78, 5) is 0. The monoisotopic (exact) mass is 190 g/mol. The van der Waals surface area contributed by atoms with Gasteiger partial charge in [0, 0.05) is 0 Å². The summed E-state index contributed by atoms with van der Waals surface area (Å²) in [6, 6.07) is 0. The van der Waals surface area contributed by atoms with Gasteiger partial charge < -0.3 is 14.9 Å². The third-order valence-corrected chi connectivity index (χ3v) is 2.00. The molecule has 0 saturated heterocycles. The summed E-state index contributed by atoms with van der Waals surface area (Å²) in [5, 5.41) is 17.5. The maximum absolute atomic E-state index is 9.00. The van der Waals surface area contributed by atoms with Crippen molar-refractivity contribution in [1.82, 2.24) is 0 Å². The van der Waals surface area contributed by atoms with Gasteiger partial charge in [-0.15, -0.1) is 0 Å². The van der Waals surface area contributed by atoms with E-state index in [1.807, 2.05) is 6.92 Å². The Labute approximate surface area is 80.7 Å². The molecule has 2 atom stereocenters. The molecule has 0 fully saturated rings. The average Bonchev–Trinajstić information content (AvgIpc) is 2.14. The molecule has 3 nitrogen and oxygen atoms in total. The van der Waals surface area contributed by atoms with Crippen molar-refractivity contribution in [3.63, 3.8) is 0 Å². The Hall–Kier alpha value is -0.120. The fourth-order valence-corrected chi connectivity index (χ4v) is 1.09. The third-order valence-electron chi connectivity index (χ3n) is 2.00. The Kier molecular flexibility index (Phi) is 8.40. The Morgan fingerprint density at radius 2 is 2.00 bits per heavy atom. The van der Waals surface area contributed by atoms with Gasteiger partial charge in [-0.3, -0.25) is 0 Å². The van der Waals surface area contributed by atoms with Crippen molar-refractivity contribution in [2.24, 2.45) is 0 Å². The number of hydrogen-bond donors (Lipinski definition) is 2. The van der Waals surface area contributed by atoms with E-state index in [2.05, 4.69) is 6.92 Å². The minimum absolute atomic E-state index is 0.188. The molecule has 0 aliphatic heterocycles. The lowest BCUT2D eigenvalue weighted by Gasteiger charge is -2.14. The van der Waals surface area contributed by atoms with Gasteiger partial charge in [-0.1, -0.05) is 26.2 Å². The van der Waals surface area contributed by atoms with Gasteiger partial charge >= 0.3 is 0 Å². The molecular weight excluding hydrogens is 168 g/mol. The smallest absolute Gasteiger partial charge is 0.100 e. The lowest BCUT2D eigenvalue weighted by atomic mass is 10.1. The van der Waals surface area contributed by atoms with Crippen LogP contribution in [0.1, 0.15) is 39.5 Å². The molecule has 0 spiro atoms. The lowest BCUT2D eigenvalue weighted by Crippen LogP contribution is -2.22. The van der Waals surface area contributed by atoms with Crippen LogP contribution in [-0.2, 0) is 4.74 Å². The van der Waals surface area contributed by atoms with Crippen LogP contribution in [0, 0.1) is 0 Å². The molecule has 0 aromatic rings. The number of rotatable bonds is 8. The second-order valence-corrected chi connectivity index (χ2v) is 3.48. The molecule has 13 heavy (non-hydrogen) atoms. The molecule has 0 bridgehead atoms. The van der Waals surface area contributed by atoms with Gasteiger partial charge in [0.25, 0.3) is 0 Å². The predicted octanol–water partition coefficient (Wildman–Crippen LogP) is 1.32. The van der Waals surface area contributed by atoms with E-state index in [9.17, 15) is 0 Å². The van der Waals surface area contributed by atoms with Gasteiger partial charge in [-0.05, 0) is 13.3 Å². The first-order chi connectivity index (χ1) is 6.20. The maximum Gasteiger partial charge on any atom is 0.100 e. The first-order valence-electron chi connectivity index (χ1n) is 5.11. The van der Waals surface area contributed by atoms with Gasteiger partial charge in [0.2, 0.25) is 0 Å². The summed E-state index contributed by atoms with van der Waals surface area (Å²) < 4.78 is 5.33. The summed E-state index contributed by atoms with van der Waals surface area (Å²) in [5.41, 5.74) is 0. The normalized spacial score (nSPS) is 15.7. The summed E-state index contributed by atoms with van der Waals surface area (Å²) in [7, 11) is 0. The molecular formula is C10H22O3. The standard InChI is InChI=1S/C10H22O3/c1-3-4-5-6-9(2)13-8-10(12)7-11/h9-12H,3-8H2,1-2H3. The summed E-state index contributed by atoms with van der Waals surface area (Å²) in [6.45, 7) is 4.19. The van der Waals surface area contributed by atoms with Crippen LogP contribution in [-0.4, -0.2) is 35.6 Å². The molecule has 3 heteroatoms. The first-order valence-corrected chi connectivity index (χ1v) is 5.11. The van der Waals surface area contributed by atoms with Crippen molar-refractivity contribution in [3.8, 4) is 0 Å². The number of unbranched alkanes of at least 4 members (excludes halogenated alkanes) is 2. The molecule has 0 amide bonds. The topological polar surface area (TPSA) is 49.7 Å². The molecule has 0 heterocycles. The highest BCUT2D eigenvalue weighted by molar-refractivity contribution is 4.54. The van der Waals surface area contributed by atoms with Crippen LogP contribution in [0.25, 0.3) is 0 Å². The molecule has 0 rings (SSSR count). The van der Waals surface area contributed by atoms with Gasteiger partial charge in [-0.2, -0.15) is 0 Å². The molecule has 80 valence electrons. The quantitative estimate of drug-likeness (QED) is 0.568. The van der Waals surface area contributed by atoms with Crippen molar-refractivity contribution >= 4 is 0 Å². The van der Waals surface area contributed by atoms with E-state index < -0.39 is 6.10 Å². The predicted molar refractivity (Wildman–Crippen MR) is 52.6 cm³/mol. The average molecular weight is 190 g/mol. The largest absolute Gasteiger partial charge is 0.394 e. The highest BCUT2D eigenvalue weighted by Crippen LogP contribution is 2.06. The van der Waals surface area contributed by atoms with Crippen LogP contribution < -0.4 is 0 Å². The van der Waals surface area contributed by atoms with E-state index in [0.29, 0.717) is 0 Å². The van der Waals surface area contributed by atoms with Gasteiger partial charge in [0.15, 0.2) is 0 Å². The third kappa shape index (κ3) is 8.22. The molecule has 0 aromatic carbocycles. The van der Waals surface area contributed by atoms with Crippen molar-refractivity contribution in [1.29, 1.82) is 0 Å². The van der Waals surface area contributed by atoms with Crippen molar-refractivity contribution < 1.29 is 14.9 Å². The Morgan fingerprint density at radius 1 is 1.31 bits per heavy atom. The Morgan fingerprint density at radius 3 is 2.54 bits per heavy atom. The van der Waals surface area contributed by atoms with E-state index in [1.165, 1.54) is 19.3 Å².